The van der Waals surface area contributed by atoms with E-state index in [-0.39, 0.29) is 35.0 Å². The first-order chi connectivity index (χ1) is 11.6. The van der Waals surface area contributed by atoms with Gasteiger partial charge in [0, 0.05) is 42.5 Å². The molecule has 0 aromatic heterocycles. The number of hydrogen-bond acceptors (Lipinski definition) is 5. The summed E-state index contributed by atoms with van der Waals surface area (Å²) in [7, 11) is 2.00. The molecule has 5 heteroatoms. The second-order valence-corrected chi connectivity index (χ2v) is 7.43. The van der Waals surface area contributed by atoms with Crippen molar-refractivity contribution >= 4 is 17.3 Å². The molecule has 3 aliphatic heterocycles. The minimum absolute atomic E-state index is 0.138. The van der Waals surface area contributed by atoms with Gasteiger partial charge in [-0.25, -0.2) is 0 Å². The Hall–Kier alpha value is -2.14. The molecule has 1 aromatic carbocycles. The van der Waals surface area contributed by atoms with Gasteiger partial charge in [-0.3, -0.25) is 9.59 Å². The number of hydrogen-bond donors (Lipinski definition) is 1. The topological polar surface area (TPSA) is 60.9 Å². The number of rotatable bonds is 2. The van der Waals surface area contributed by atoms with Crippen LogP contribution in [-0.2, 0) is 15.0 Å². The summed E-state index contributed by atoms with van der Waals surface area (Å²) in [6.07, 6.45) is 3.48. The minimum Gasteiger partial charge on any atom is -0.388 e. The second-order valence-electron chi connectivity index (χ2n) is 7.43. The molecule has 1 saturated carbocycles. The van der Waals surface area contributed by atoms with Gasteiger partial charge in [0.05, 0.1) is 12.0 Å². The van der Waals surface area contributed by atoms with Gasteiger partial charge in [-0.05, 0) is 24.5 Å². The highest BCUT2D eigenvalue weighted by molar-refractivity contribution is 6.07. The predicted octanol–water partition coefficient (Wildman–Crippen LogP) is 0.865. The number of carbonyl (C=O) groups is 2. The summed E-state index contributed by atoms with van der Waals surface area (Å²) < 4.78 is 0. The van der Waals surface area contributed by atoms with E-state index in [1.165, 1.54) is 5.56 Å². The zero-order valence-electron chi connectivity index (χ0n) is 13.6. The van der Waals surface area contributed by atoms with Crippen LogP contribution < -0.4 is 4.90 Å². The molecule has 2 fully saturated rings. The standard InChI is InChI=1S/C19H20N2O3/c1-20-14-5-3-2-4-13(14)19-6-7-21-9-12(15(23)10-22)11(8-16(19)21)17(24)18(19)20/h2-5,9,11,16,18,22H,6-8,10H2,1H3/t11-,16-,18-,19+/m0/s1. The number of ketones is 2. The first kappa shape index (κ1) is 14.2. The fraction of sp³-hybridized carbons (Fsp3) is 0.474. The van der Waals surface area contributed by atoms with Gasteiger partial charge in [0.25, 0.3) is 0 Å². The summed E-state index contributed by atoms with van der Waals surface area (Å²) in [4.78, 5) is 29.9. The molecule has 1 saturated heterocycles. The monoisotopic (exact) mass is 324 g/mol. The predicted molar refractivity (Wildman–Crippen MR) is 88.7 cm³/mol. The van der Waals surface area contributed by atoms with Crippen molar-refractivity contribution in [1.82, 2.24) is 4.90 Å². The summed E-state index contributed by atoms with van der Waals surface area (Å²) in [5.74, 6) is -0.553. The van der Waals surface area contributed by atoms with Gasteiger partial charge >= 0.3 is 0 Å². The number of Topliss-reactive ketones (excluding diaryl/α,β-unsaturated/α-hetero) is 2. The van der Waals surface area contributed by atoms with Crippen molar-refractivity contribution in [2.45, 2.75) is 30.3 Å². The Morgan fingerprint density at radius 2 is 2.17 bits per heavy atom. The Morgan fingerprint density at radius 1 is 1.38 bits per heavy atom. The lowest BCUT2D eigenvalue weighted by Gasteiger charge is -2.49. The average molecular weight is 324 g/mol. The number of benzene rings is 1. The molecule has 0 radical (unpaired) electrons. The molecule has 1 N–H and O–H groups in total. The molecule has 2 bridgehead atoms. The Morgan fingerprint density at radius 3 is 2.96 bits per heavy atom. The molecule has 24 heavy (non-hydrogen) atoms. The van der Waals surface area contributed by atoms with Crippen LogP contribution in [0.5, 0.6) is 0 Å². The van der Waals surface area contributed by atoms with Crippen molar-refractivity contribution in [2.75, 3.05) is 25.1 Å². The molecular formula is C19H20N2O3. The summed E-state index contributed by atoms with van der Waals surface area (Å²) in [6.45, 7) is 0.325. The van der Waals surface area contributed by atoms with Crippen LogP contribution in [0.3, 0.4) is 0 Å². The summed E-state index contributed by atoms with van der Waals surface area (Å²) >= 11 is 0. The van der Waals surface area contributed by atoms with E-state index in [2.05, 4.69) is 28.0 Å². The molecule has 1 aliphatic carbocycles. The molecule has 4 aliphatic rings. The van der Waals surface area contributed by atoms with Crippen LogP contribution >= 0.6 is 0 Å². The third-order valence-electron chi connectivity index (χ3n) is 6.66. The van der Waals surface area contributed by atoms with Crippen molar-refractivity contribution in [1.29, 1.82) is 0 Å². The van der Waals surface area contributed by atoms with Crippen molar-refractivity contribution in [3.05, 3.63) is 41.6 Å². The quantitative estimate of drug-likeness (QED) is 0.874. The fourth-order valence-corrected chi connectivity index (χ4v) is 5.75. The first-order valence-corrected chi connectivity index (χ1v) is 8.57. The summed E-state index contributed by atoms with van der Waals surface area (Å²) in [5.41, 5.74) is 2.75. The van der Waals surface area contributed by atoms with Gasteiger partial charge in [-0.2, -0.15) is 0 Å². The van der Waals surface area contributed by atoms with Crippen molar-refractivity contribution in [3.8, 4) is 0 Å². The largest absolute Gasteiger partial charge is 0.388 e. The average Bonchev–Trinajstić information content (AvgIpc) is 3.12. The highest BCUT2D eigenvalue weighted by Crippen LogP contribution is 2.59. The van der Waals surface area contributed by atoms with Gasteiger partial charge in [0.2, 0.25) is 0 Å². The number of nitrogens with zero attached hydrogens (tertiary/aromatic N) is 2. The minimum atomic E-state index is -0.528. The van der Waals surface area contributed by atoms with E-state index in [0.29, 0.717) is 12.0 Å². The van der Waals surface area contributed by atoms with Crippen LogP contribution in [-0.4, -0.2) is 53.9 Å². The third kappa shape index (κ3) is 1.41. The lowest BCUT2D eigenvalue weighted by Crippen LogP contribution is -2.63. The number of para-hydroxylation sites is 1. The molecule has 5 rings (SSSR count). The smallest absolute Gasteiger partial charge is 0.186 e. The van der Waals surface area contributed by atoms with Crippen LogP contribution in [0.25, 0.3) is 0 Å². The molecular weight excluding hydrogens is 304 g/mol. The Labute approximate surface area is 140 Å². The van der Waals surface area contributed by atoms with Crippen LogP contribution in [0.2, 0.25) is 0 Å². The number of fused-ring (bicyclic) bond motifs is 2. The van der Waals surface area contributed by atoms with Gasteiger partial charge in [-0.1, -0.05) is 18.2 Å². The zero-order valence-corrected chi connectivity index (χ0v) is 13.6. The molecule has 5 nitrogen and oxygen atoms in total. The fourth-order valence-electron chi connectivity index (χ4n) is 5.75. The first-order valence-electron chi connectivity index (χ1n) is 8.57. The van der Waals surface area contributed by atoms with E-state index in [0.717, 1.165) is 18.7 Å². The van der Waals surface area contributed by atoms with Crippen molar-refractivity contribution in [3.63, 3.8) is 0 Å². The number of likely N-dealkylation sites (N-methyl/N-ethyl adjacent to an activating group) is 1. The lowest BCUT2D eigenvalue weighted by molar-refractivity contribution is -0.131. The molecule has 1 spiro atoms. The van der Waals surface area contributed by atoms with Gasteiger partial charge in [0.15, 0.2) is 11.6 Å². The van der Waals surface area contributed by atoms with Gasteiger partial charge in [0.1, 0.15) is 6.61 Å². The highest BCUT2D eigenvalue weighted by Gasteiger charge is 2.66. The van der Waals surface area contributed by atoms with Crippen molar-refractivity contribution in [2.24, 2.45) is 5.92 Å². The summed E-state index contributed by atoms with van der Waals surface area (Å²) in [6, 6.07) is 8.38. The maximum Gasteiger partial charge on any atom is 0.186 e. The van der Waals surface area contributed by atoms with E-state index in [4.69, 9.17) is 0 Å². The van der Waals surface area contributed by atoms with Gasteiger partial charge in [-0.15, -0.1) is 0 Å². The highest BCUT2D eigenvalue weighted by atomic mass is 16.3. The third-order valence-corrected chi connectivity index (χ3v) is 6.66. The molecule has 1 aromatic rings. The maximum atomic E-state index is 13.4. The Bertz CT molecular complexity index is 802. The van der Waals surface area contributed by atoms with E-state index in [1.807, 2.05) is 19.3 Å². The van der Waals surface area contributed by atoms with E-state index in [1.54, 1.807) is 0 Å². The normalized spacial score (nSPS) is 35.7. The number of anilines is 1. The van der Waals surface area contributed by atoms with Crippen LogP contribution in [0.1, 0.15) is 18.4 Å². The van der Waals surface area contributed by atoms with E-state index in [9.17, 15) is 14.7 Å². The van der Waals surface area contributed by atoms with Gasteiger partial charge < -0.3 is 14.9 Å². The second kappa shape index (κ2) is 4.48. The number of carbonyl (C=O) groups excluding carboxylic acids is 2. The van der Waals surface area contributed by atoms with Crippen molar-refractivity contribution < 1.29 is 14.7 Å². The van der Waals surface area contributed by atoms with E-state index < -0.39 is 6.61 Å². The van der Waals surface area contributed by atoms with E-state index >= 15 is 0 Å². The van der Waals surface area contributed by atoms with Crippen LogP contribution in [0, 0.1) is 5.92 Å². The molecule has 0 unspecified atom stereocenters. The molecule has 3 heterocycles. The summed E-state index contributed by atoms with van der Waals surface area (Å²) in [5, 5.41) is 9.29. The molecule has 0 amide bonds. The zero-order chi connectivity index (χ0) is 16.6. The maximum absolute atomic E-state index is 13.4. The molecule has 124 valence electrons. The van der Waals surface area contributed by atoms with Crippen LogP contribution in [0.4, 0.5) is 5.69 Å². The SMILES string of the molecule is CN1c2ccccc2[C@]23CCN4C=C(C(=O)CO)[C@H](C[C@H]42)C(=O)[C@H]13. The molecule has 4 atom stereocenters. The number of aliphatic hydroxyl groups is 1. The Kier molecular flexibility index (Phi) is 2.65. The number of aliphatic hydroxyl groups excluding tert-OH is 1. The lowest BCUT2D eigenvalue weighted by atomic mass is 9.59. The van der Waals surface area contributed by atoms with Crippen LogP contribution in [0.15, 0.2) is 36.0 Å². The Balaban J connectivity index is 1.72.